The second kappa shape index (κ2) is 2.98. The lowest BCUT2D eigenvalue weighted by Gasteiger charge is -2.44. The van der Waals surface area contributed by atoms with Crippen molar-refractivity contribution in [1.82, 2.24) is 5.32 Å². The van der Waals surface area contributed by atoms with Crippen LogP contribution in [0.3, 0.4) is 0 Å². The van der Waals surface area contributed by atoms with Gasteiger partial charge in [-0.05, 0) is 36.0 Å². The SMILES string of the molecule is CC(C)NC1C2(C)CCC(C2)C1(C)C. The van der Waals surface area contributed by atoms with E-state index >= 15 is 0 Å². The molecule has 2 aliphatic carbocycles. The molecule has 0 heterocycles. The molecule has 3 atom stereocenters. The summed E-state index contributed by atoms with van der Waals surface area (Å²) in [6.45, 7) is 11.9. The molecule has 1 heteroatoms. The van der Waals surface area contributed by atoms with Gasteiger partial charge in [-0.25, -0.2) is 0 Å². The Hall–Kier alpha value is -0.0400. The topological polar surface area (TPSA) is 12.0 Å². The maximum Gasteiger partial charge on any atom is 0.0177 e. The average molecular weight is 195 g/mol. The largest absolute Gasteiger partial charge is 0.311 e. The summed E-state index contributed by atoms with van der Waals surface area (Å²) in [5.74, 6) is 0.962. The molecule has 0 spiro atoms. The predicted octanol–water partition coefficient (Wildman–Crippen LogP) is 3.20. The van der Waals surface area contributed by atoms with Crippen molar-refractivity contribution in [2.45, 2.75) is 66.0 Å². The second-order valence-corrected chi connectivity index (χ2v) is 6.67. The molecule has 0 aliphatic heterocycles. The van der Waals surface area contributed by atoms with Crippen molar-refractivity contribution in [3.63, 3.8) is 0 Å². The van der Waals surface area contributed by atoms with Crippen LogP contribution in [0.1, 0.15) is 53.9 Å². The van der Waals surface area contributed by atoms with Crippen LogP contribution in [-0.2, 0) is 0 Å². The van der Waals surface area contributed by atoms with Crippen molar-refractivity contribution in [1.29, 1.82) is 0 Å². The van der Waals surface area contributed by atoms with Gasteiger partial charge < -0.3 is 5.32 Å². The Morgan fingerprint density at radius 2 is 1.86 bits per heavy atom. The number of hydrogen-bond donors (Lipinski definition) is 1. The van der Waals surface area contributed by atoms with Crippen molar-refractivity contribution in [2.24, 2.45) is 16.7 Å². The zero-order valence-corrected chi connectivity index (χ0v) is 10.4. The molecule has 0 radical (unpaired) electrons. The molecule has 1 N–H and O–H groups in total. The van der Waals surface area contributed by atoms with Crippen molar-refractivity contribution >= 4 is 0 Å². The van der Waals surface area contributed by atoms with Gasteiger partial charge in [-0.3, -0.25) is 0 Å². The Kier molecular flexibility index (Phi) is 2.23. The molecule has 0 aromatic heterocycles. The summed E-state index contributed by atoms with van der Waals surface area (Å²) in [6.07, 6.45) is 4.34. The van der Waals surface area contributed by atoms with Gasteiger partial charge in [0.1, 0.15) is 0 Å². The van der Waals surface area contributed by atoms with Crippen LogP contribution in [0.15, 0.2) is 0 Å². The highest BCUT2D eigenvalue weighted by molar-refractivity contribution is 5.12. The van der Waals surface area contributed by atoms with E-state index in [1.807, 2.05) is 0 Å². The molecule has 0 saturated heterocycles. The lowest BCUT2D eigenvalue weighted by Crippen LogP contribution is -2.52. The third kappa shape index (κ3) is 1.32. The van der Waals surface area contributed by atoms with Gasteiger partial charge in [0.05, 0.1) is 0 Å². The van der Waals surface area contributed by atoms with Crippen LogP contribution in [-0.4, -0.2) is 12.1 Å². The van der Waals surface area contributed by atoms with E-state index in [1.165, 1.54) is 19.3 Å². The molecule has 82 valence electrons. The Labute approximate surface area is 88.7 Å². The predicted molar refractivity (Wildman–Crippen MR) is 61.3 cm³/mol. The first kappa shape index (κ1) is 10.5. The summed E-state index contributed by atoms with van der Waals surface area (Å²) in [4.78, 5) is 0. The molecular formula is C13H25N. The van der Waals surface area contributed by atoms with Crippen molar-refractivity contribution in [3.8, 4) is 0 Å². The standard InChI is InChI=1S/C13H25N/c1-9(2)14-11-12(3,4)10-6-7-13(11,5)8-10/h9-11,14H,6-8H2,1-5H3. The molecule has 14 heavy (non-hydrogen) atoms. The third-order valence-electron chi connectivity index (χ3n) is 4.77. The Morgan fingerprint density at radius 1 is 1.21 bits per heavy atom. The third-order valence-corrected chi connectivity index (χ3v) is 4.77. The van der Waals surface area contributed by atoms with Crippen LogP contribution >= 0.6 is 0 Å². The molecule has 2 saturated carbocycles. The van der Waals surface area contributed by atoms with E-state index in [1.54, 1.807) is 0 Å². The summed E-state index contributed by atoms with van der Waals surface area (Å²) in [6, 6.07) is 1.35. The van der Waals surface area contributed by atoms with Gasteiger partial charge >= 0.3 is 0 Å². The van der Waals surface area contributed by atoms with Gasteiger partial charge in [0.15, 0.2) is 0 Å². The number of fused-ring (bicyclic) bond motifs is 2. The molecule has 1 nitrogen and oxygen atoms in total. The summed E-state index contributed by atoms with van der Waals surface area (Å²) < 4.78 is 0. The zero-order chi connectivity index (χ0) is 10.6. The van der Waals surface area contributed by atoms with Gasteiger partial charge in [-0.2, -0.15) is 0 Å². The molecule has 2 fully saturated rings. The van der Waals surface area contributed by atoms with Gasteiger partial charge in [-0.15, -0.1) is 0 Å². The van der Waals surface area contributed by atoms with Crippen LogP contribution in [0.25, 0.3) is 0 Å². The molecule has 2 rings (SSSR count). The molecule has 0 aromatic carbocycles. The number of rotatable bonds is 2. The van der Waals surface area contributed by atoms with E-state index < -0.39 is 0 Å². The van der Waals surface area contributed by atoms with E-state index in [9.17, 15) is 0 Å². The Bertz CT molecular complexity index is 227. The van der Waals surface area contributed by atoms with Gasteiger partial charge in [0, 0.05) is 12.1 Å². The molecular weight excluding hydrogens is 170 g/mol. The molecule has 2 bridgehead atoms. The van der Waals surface area contributed by atoms with Crippen LogP contribution in [0.2, 0.25) is 0 Å². The van der Waals surface area contributed by atoms with Crippen molar-refractivity contribution < 1.29 is 0 Å². The van der Waals surface area contributed by atoms with Crippen molar-refractivity contribution in [3.05, 3.63) is 0 Å². The first-order chi connectivity index (χ1) is 6.36. The van der Waals surface area contributed by atoms with E-state index in [-0.39, 0.29) is 0 Å². The summed E-state index contributed by atoms with van der Waals surface area (Å²) in [5.41, 5.74) is 1.09. The maximum atomic E-state index is 3.80. The van der Waals surface area contributed by atoms with Gasteiger partial charge in [0.2, 0.25) is 0 Å². The van der Waals surface area contributed by atoms with E-state index in [0.717, 1.165) is 12.0 Å². The smallest absolute Gasteiger partial charge is 0.0177 e. The van der Waals surface area contributed by atoms with E-state index in [2.05, 4.69) is 39.9 Å². The Morgan fingerprint density at radius 3 is 2.29 bits per heavy atom. The number of nitrogens with one attached hydrogen (secondary N) is 1. The highest BCUT2D eigenvalue weighted by Gasteiger charge is 2.59. The summed E-state index contributed by atoms with van der Waals surface area (Å²) >= 11 is 0. The minimum atomic E-state index is 0.511. The lowest BCUT2D eigenvalue weighted by molar-refractivity contribution is 0.102. The van der Waals surface area contributed by atoms with E-state index in [0.29, 0.717) is 16.9 Å². The average Bonchev–Trinajstić information content (AvgIpc) is 2.49. The van der Waals surface area contributed by atoms with Gasteiger partial charge in [-0.1, -0.05) is 34.6 Å². The zero-order valence-electron chi connectivity index (χ0n) is 10.4. The monoisotopic (exact) mass is 195 g/mol. The van der Waals surface area contributed by atoms with Crippen molar-refractivity contribution in [2.75, 3.05) is 0 Å². The molecule has 0 aromatic rings. The van der Waals surface area contributed by atoms with Crippen LogP contribution in [0.5, 0.6) is 0 Å². The second-order valence-electron chi connectivity index (χ2n) is 6.67. The van der Waals surface area contributed by atoms with E-state index in [4.69, 9.17) is 0 Å². The number of hydrogen-bond acceptors (Lipinski definition) is 1. The van der Waals surface area contributed by atoms with Crippen LogP contribution < -0.4 is 5.32 Å². The fraction of sp³-hybridized carbons (Fsp3) is 1.00. The van der Waals surface area contributed by atoms with Crippen LogP contribution in [0, 0.1) is 16.7 Å². The lowest BCUT2D eigenvalue weighted by atomic mass is 9.68. The van der Waals surface area contributed by atoms with Crippen LogP contribution in [0.4, 0.5) is 0 Å². The minimum absolute atomic E-state index is 0.511. The fourth-order valence-electron chi connectivity index (χ4n) is 4.05. The normalized spacial score (nSPS) is 45.0. The highest BCUT2D eigenvalue weighted by Crippen LogP contribution is 2.62. The minimum Gasteiger partial charge on any atom is -0.311 e. The molecule has 3 unspecified atom stereocenters. The Balaban J connectivity index is 2.21. The maximum absolute atomic E-state index is 3.80. The summed E-state index contributed by atoms with van der Waals surface area (Å²) in [5, 5.41) is 3.80. The summed E-state index contributed by atoms with van der Waals surface area (Å²) in [7, 11) is 0. The fourth-order valence-corrected chi connectivity index (χ4v) is 4.05. The van der Waals surface area contributed by atoms with Gasteiger partial charge in [0.25, 0.3) is 0 Å². The highest BCUT2D eigenvalue weighted by atomic mass is 15.0. The molecule has 2 aliphatic rings. The first-order valence-electron chi connectivity index (χ1n) is 6.12. The first-order valence-corrected chi connectivity index (χ1v) is 6.12. The molecule has 0 amide bonds. The quantitative estimate of drug-likeness (QED) is 0.713.